The molecule has 4 heterocycles. The lowest BCUT2D eigenvalue weighted by Gasteiger charge is -2.02. The fourth-order valence-corrected chi connectivity index (χ4v) is 3.81. The molecule has 2 N–H and O–H groups in total. The number of nitrogens with zero attached hydrogens (tertiary/aromatic N) is 3. The van der Waals surface area contributed by atoms with Gasteiger partial charge in [0.25, 0.3) is 0 Å². The zero-order chi connectivity index (χ0) is 19.9. The molecular weight excluding hydrogens is 370 g/mol. The summed E-state index contributed by atoms with van der Waals surface area (Å²) in [5.41, 5.74) is 8.40. The van der Waals surface area contributed by atoms with Gasteiger partial charge in [0.15, 0.2) is 5.82 Å². The average molecular weight is 387 g/mol. The van der Waals surface area contributed by atoms with Crippen LogP contribution in [0.25, 0.3) is 55.8 Å². The summed E-state index contributed by atoms with van der Waals surface area (Å²) in [4.78, 5) is 20.1. The number of imidazole rings is 1. The van der Waals surface area contributed by atoms with E-state index in [0.717, 1.165) is 50.5 Å². The highest BCUT2D eigenvalue weighted by Crippen LogP contribution is 2.30. The Labute approximate surface area is 172 Å². The monoisotopic (exact) mass is 387 g/mol. The third-order valence-corrected chi connectivity index (χ3v) is 5.34. The molecule has 30 heavy (non-hydrogen) atoms. The number of aromatic amines is 2. The third kappa shape index (κ3) is 2.84. The number of nitrogens with one attached hydrogen (secondary N) is 2. The van der Waals surface area contributed by atoms with Crippen LogP contribution < -0.4 is 0 Å². The number of H-pyrrole nitrogens is 2. The molecule has 2 aromatic carbocycles. The van der Waals surface area contributed by atoms with Crippen LogP contribution in [0.15, 0.2) is 91.4 Å². The number of hydrogen-bond donors (Lipinski definition) is 2. The van der Waals surface area contributed by atoms with Crippen molar-refractivity contribution in [1.29, 1.82) is 0 Å². The van der Waals surface area contributed by atoms with E-state index in [2.05, 4.69) is 62.4 Å². The highest BCUT2D eigenvalue weighted by molar-refractivity contribution is 5.91. The fraction of sp³-hybridized carbons (Fsp3) is 0. The molecule has 0 amide bonds. The van der Waals surface area contributed by atoms with Gasteiger partial charge in [0.1, 0.15) is 5.69 Å². The zero-order valence-electron chi connectivity index (χ0n) is 16.0. The molecule has 5 heteroatoms. The summed E-state index contributed by atoms with van der Waals surface area (Å²) < 4.78 is 0. The van der Waals surface area contributed by atoms with Crippen molar-refractivity contribution in [3.8, 4) is 33.9 Å². The van der Waals surface area contributed by atoms with Gasteiger partial charge < -0.3 is 9.97 Å². The van der Waals surface area contributed by atoms with E-state index in [1.807, 2.05) is 42.7 Å². The molecule has 4 aromatic heterocycles. The number of fused-ring (bicyclic) bond motifs is 2. The third-order valence-electron chi connectivity index (χ3n) is 5.34. The molecule has 0 atom stereocenters. The van der Waals surface area contributed by atoms with Crippen molar-refractivity contribution < 1.29 is 0 Å². The topological polar surface area (TPSA) is 70.2 Å². The van der Waals surface area contributed by atoms with Crippen molar-refractivity contribution in [2.24, 2.45) is 0 Å². The summed E-state index contributed by atoms with van der Waals surface area (Å²) in [6.07, 6.45) is 5.40. The lowest BCUT2D eigenvalue weighted by molar-refractivity contribution is 1.24. The molecule has 6 rings (SSSR count). The first-order valence-electron chi connectivity index (χ1n) is 9.78. The summed E-state index contributed by atoms with van der Waals surface area (Å²) >= 11 is 0. The van der Waals surface area contributed by atoms with Gasteiger partial charge in [-0.15, -0.1) is 0 Å². The molecule has 0 radical (unpaired) electrons. The maximum absolute atomic E-state index is 4.75. The molecule has 0 aliphatic rings. The second-order valence-corrected chi connectivity index (χ2v) is 7.25. The van der Waals surface area contributed by atoms with E-state index in [1.165, 1.54) is 5.39 Å². The van der Waals surface area contributed by atoms with Gasteiger partial charge in [-0.25, -0.2) is 4.98 Å². The molecule has 142 valence electrons. The summed E-state index contributed by atoms with van der Waals surface area (Å²) in [6, 6.07) is 24.8. The van der Waals surface area contributed by atoms with E-state index in [0.29, 0.717) is 0 Å². The van der Waals surface area contributed by atoms with Crippen LogP contribution in [0.4, 0.5) is 0 Å². The van der Waals surface area contributed by atoms with Crippen LogP contribution in [0.2, 0.25) is 0 Å². The van der Waals surface area contributed by atoms with Crippen LogP contribution in [0.3, 0.4) is 0 Å². The molecule has 0 saturated carbocycles. The van der Waals surface area contributed by atoms with Gasteiger partial charge >= 0.3 is 0 Å². The Kier molecular flexibility index (Phi) is 3.71. The largest absolute Gasteiger partial charge is 0.355 e. The van der Waals surface area contributed by atoms with E-state index in [9.17, 15) is 0 Å². The first-order chi connectivity index (χ1) is 14.8. The molecule has 0 aliphatic heterocycles. The Morgan fingerprint density at radius 1 is 0.633 bits per heavy atom. The predicted molar refractivity (Wildman–Crippen MR) is 120 cm³/mol. The second-order valence-electron chi connectivity index (χ2n) is 7.25. The molecule has 5 nitrogen and oxygen atoms in total. The Bertz CT molecular complexity index is 1360. The first-order valence-corrected chi connectivity index (χ1v) is 9.78. The van der Waals surface area contributed by atoms with Crippen LogP contribution in [0.1, 0.15) is 0 Å². The lowest BCUT2D eigenvalue weighted by atomic mass is 10.0. The number of hydrogen-bond acceptors (Lipinski definition) is 3. The number of benzene rings is 2. The highest BCUT2D eigenvalue weighted by Gasteiger charge is 2.09. The molecule has 0 fully saturated rings. The average Bonchev–Trinajstić information content (AvgIpc) is 3.43. The maximum atomic E-state index is 4.75. The van der Waals surface area contributed by atoms with Crippen LogP contribution in [0, 0.1) is 0 Å². The summed E-state index contributed by atoms with van der Waals surface area (Å²) in [6.45, 7) is 0. The van der Waals surface area contributed by atoms with Crippen LogP contribution >= 0.6 is 0 Å². The Morgan fingerprint density at radius 2 is 1.47 bits per heavy atom. The summed E-state index contributed by atoms with van der Waals surface area (Å²) in [5.74, 6) is 0.783. The minimum absolute atomic E-state index is 0.783. The molecule has 6 aromatic rings. The minimum Gasteiger partial charge on any atom is -0.355 e. The Hall–Kier alpha value is -4.25. The SMILES string of the molecule is c1ccc(-c2nc3cc(-c4ccc5[nH]c(-c6ccncc6)cc5c4)ccc3[nH]2)nc1. The van der Waals surface area contributed by atoms with Gasteiger partial charge in [0, 0.05) is 40.8 Å². The van der Waals surface area contributed by atoms with E-state index < -0.39 is 0 Å². The van der Waals surface area contributed by atoms with Gasteiger partial charge in [0.05, 0.1) is 11.0 Å². The summed E-state index contributed by atoms with van der Waals surface area (Å²) in [7, 11) is 0. The maximum Gasteiger partial charge on any atom is 0.157 e. The molecule has 0 bridgehead atoms. The fourth-order valence-electron chi connectivity index (χ4n) is 3.81. The number of aromatic nitrogens is 5. The van der Waals surface area contributed by atoms with Crippen molar-refractivity contribution in [3.63, 3.8) is 0 Å². The normalized spacial score (nSPS) is 11.3. The van der Waals surface area contributed by atoms with Crippen molar-refractivity contribution in [3.05, 3.63) is 91.4 Å². The van der Waals surface area contributed by atoms with E-state index in [4.69, 9.17) is 4.98 Å². The molecular formula is C25H17N5. The first kappa shape index (κ1) is 16.7. The van der Waals surface area contributed by atoms with Crippen molar-refractivity contribution >= 4 is 21.9 Å². The molecule has 0 spiro atoms. The Balaban J connectivity index is 1.40. The van der Waals surface area contributed by atoms with E-state index >= 15 is 0 Å². The zero-order valence-corrected chi connectivity index (χ0v) is 16.0. The highest BCUT2D eigenvalue weighted by atomic mass is 14.9. The lowest BCUT2D eigenvalue weighted by Crippen LogP contribution is -1.82. The standard InChI is InChI=1S/C25H17N5/c1-2-10-27-22(3-1)25-29-21-7-5-18(14-24(21)30-25)17-4-6-20-19(13-17)15-23(28-20)16-8-11-26-12-9-16/h1-15,28H,(H,29,30). The van der Waals surface area contributed by atoms with Gasteiger partial charge in [-0.1, -0.05) is 18.2 Å². The van der Waals surface area contributed by atoms with Crippen LogP contribution in [0.5, 0.6) is 0 Å². The van der Waals surface area contributed by atoms with Crippen molar-refractivity contribution in [1.82, 2.24) is 24.9 Å². The number of rotatable bonds is 3. The van der Waals surface area contributed by atoms with Gasteiger partial charge in [0.2, 0.25) is 0 Å². The Morgan fingerprint density at radius 3 is 2.30 bits per heavy atom. The van der Waals surface area contributed by atoms with Crippen LogP contribution in [-0.4, -0.2) is 24.9 Å². The molecule has 0 aliphatic carbocycles. The van der Waals surface area contributed by atoms with Gasteiger partial charge in [-0.3, -0.25) is 9.97 Å². The summed E-state index contributed by atoms with van der Waals surface area (Å²) in [5, 5.41) is 1.18. The molecule has 0 unspecified atom stereocenters. The van der Waals surface area contributed by atoms with Gasteiger partial charge in [-0.05, 0) is 65.7 Å². The smallest absolute Gasteiger partial charge is 0.157 e. The predicted octanol–water partition coefficient (Wildman–Crippen LogP) is 5.84. The number of pyridine rings is 2. The van der Waals surface area contributed by atoms with Crippen LogP contribution in [-0.2, 0) is 0 Å². The molecule has 0 saturated heterocycles. The van der Waals surface area contributed by atoms with E-state index in [-0.39, 0.29) is 0 Å². The second kappa shape index (κ2) is 6.67. The van der Waals surface area contributed by atoms with Crippen molar-refractivity contribution in [2.75, 3.05) is 0 Å². The minimum atomic E-state index is 0.783. The quantitative estimate of drug-likeness (QED) is 0.401. The van der Waals surface area contributed by atoms with E-state index in [1.54, 1.807) is 6.20 Å². The van der Waals surface area contributed by atoms with Crippen molar-refractivity contribution in [2.45, 2.75) is 0 Å². The van der Waals surface area contributed by atoms with Gasteiger partial charge in [-0.2, -0.15) is 0 Å².